The second kappa shape index (κ2) is 8.73. The van der Waals surface area contributed by atoms with Crippen LogP contribution in [0.2, 0.25) is 0 Å². The summed E-state index contributed by atoms with van der Waals surface area (Å²) in [5.74, 6) is -0.119. The van der Waals surface area contributed by atoms with Crippen molar-refractivity contribution in [3.8, 4) is 0 Å². The van der Waals surface area contributed by atoms with E-state index in [1.165, 1.54) is 10.6 Å². The molecule has 1 amide bonds. The molecule has 33 heavy (non-hydrogen) atoms. The van der Waals surface area contributed by atoms with E-state index < -0.39 is 16.2 Å². The summed E-state index contributed by atoms with van der Waals surface area (Å²) in [5, 5.41) is 11.7. The second-order valence-corrected chi connectivity index (χ2v) is 7.98. The number of carbonyl (C=O) groups excluding carboxylic acids is 1. The van der Waals surface area contributed by atoms with Crippen molar-refractivity contribution in [2.75, 3.05) is 18.8 Å². The Balaban J connectivity index is 1.48. The molecule has 10 heteroatoms. The van der Waals surface area contributed by atoms with Crippen LogP contribution < -0.4 is 17.0 Å². The lowest BCUT2D eigenvalue weighted by Crippen LogP contribution is -2.36. The number of rotatable bonds is 5. The number of hydrogen-bond acceptors (Lipinski definition) is 6. The molecule has 1 aliphatic rings. The molecular formula is C23H23N5O5. The van der Waals surface area contributed by atoms with E-state index in [0.29, 0.717) is 36.0 Å². The molecule has 0 saturated heterocycles. The van der Waals surface area contributed by atoms with E-state index in [1.54, 1.807) is 36.1 Å². The van der Waals surface area contributed by atoms with Crippen LogP contribution in [0.25, 0.3) is 16.5 Å². The summed E-state index contributed by atoms with van der Waals surface area (Å²) in [4.78, 5) is 51.8. The van der Waals surface area contributed by atoms with Crippen molar-refractivity contribution in [2.45, 2.75) is 26.3 Å². The van der Waals surface area contributed by atoms with E-state index >= 15 is 0 Å². The Hall–Kier alpha value is -4.21. The van der Waals surface area contributed by atoms with Crippen molar-refractivity contribution in [1.82, 2.24) is 14.5 Å². The SMILES string of the molecule is Cc1cc(C2=CCN(C(=O)CCn3c(=O)[nH]c(=O)c4ccccc43)CC2)cc([N+](=O)[O-])c1N. The first kappa shape index (κ1) is 22.0. The summed E-state index contributed by atoms with van der Waals surface area (Å²) in [6, 6.07) is 10.1. The zero-order valence-corrected chi connectivity index (χ0v) is 18.0. The first-order chi connectivity index (χ1) is 15.8. The maximum atomic E-state index is 12.8. The molecule has 0 radical (unpaired) electrons. The third-order valence-corrected chi connectivity index (χ3v) is 5.95. The number of anilines is 1. The Morgan fingerprint density at radius 1 is 1.24 bits per heavy atom. The van der Waals surface area contributed by atoms with Gasteiger partial charge in [0.1, 0.15) is 5.69 Å². The summed E-state index contributed by atoms with van der Waals surface area (Å²) in [6.45, 7) is 2.70. The first-order valence-corrected chi connectivity index (χ1v) is 10.5. The Morgan fingerprint density at radius 2 is 2.00 bits per heavy atom. The number of aromatic nitrogens is 2. The average molecular weight is 449 g/mol. The summed E-state index contributed by atoms with van der Waals surface area (Å²) < 4.78 is 1.40. The number of aryl methyl sites for hydroxylation is 2. The van der Waals surface area contributed by atoms with Crippen LogP contribution in [0.5, 0.6) is 0 Å². The van der Waals surface area contributed by atoms with Crippen LogP contribution in [-0.2, 0) is 11.3 Å². The zero-order chi connectivity index (χ0) is 23.7. The molecule has 3 N–H and O–H groups in total. The van der Waals surface area contributed by atoms with Crippen molar-refractivity contribution in [3.05, 3.63) is 84.6 Å². The number of nitrogens with one attached hydrogen (secondary N) is 1. The summed E-state index contributed by atoms with van der Waals surface area (Å²) in [6.07, 6.45) is 2.54. The topological polar surface area (TPSA) is 144 Å². The molecule has 2 aromatic carbocycles. The van der Waals surface area contributed by atoms with E-state index in [0.717, 1.165) is 11.1 Å². The van der Waals surface area contributed by atoms with Gasteiger partial charge in [0.25, 0.3) is 11.2 Å². The van der Waals surface area contributed by atoms with Gasteiger partial charge in [-0.3, -0.25) is 29.3 Å². The quantitative estimate of drug-likeness (QED) is 0.347. The van der Waals surface area contributed by atoms with Gasteiger partial charge in [-0.25, -0.2) is 4.79 Å². The van der Waals surface area contributed by atoms with Crippen molar-refractivity contribution in [1.29, 1.82) is 0 Å². The van der Waals surface area contributed by atoms with E-state index in [1.807, 2.05) is 12.1 Å². The molecule has 0 atom stereocenters. The van der Waals surface area contributed by atoms with Gasteiger partial charge in [-0.2, -0.15) is 0 Å². The van der Waals surface area contributed by atoms with Gasteiger partial charge in [0.15, 0.2) is 0 Å². The molecule has 0 saturated carbocycles. The highest BCUT2D eigenvalue weighted by atomic mass is 16.6. The Morgan fingerprint density at radius 3 is 2.70 bits per heavy atom. The molecule has 10 nitrogen and oxygen atoms in total. The monoisotopic (exact) mass is 449 g/mol. The van der Waals surface area contributed by atoms with Gasteiger partial charge >= 0.3 is 5.69 Å². The summed E-state index contributed by atoms with van der Waals surface area (Å²) in [7, 11) is 0. The van der Waals surface area contributed by atoms with Crippen LogP contribution in [0, 0.1) is 17.0 Å². The lowest BCUT2D eigenvalue weighted by Gasteiger charge is -2.27. The van der Waals surface area contributed by atoms with Gasteiger partial charge in [0.2, 0.25) is 5.91 Å². The van der Waals surface area contributed by atoms with E-state index in [2.05, 4.69) is 4.98 Å². The van der Waals surface area contributed by atoms with Crippen LogP contribution in [0.1, 0.15) is 24.0 Å². The molecule has 4 rings (SSSR count). The third-order valence-electron chi connectivity index (χ3n) is 5.95. The number of benzene rings is 2. The first-order valence-electron chi connectivity index (χ1n) is 10.5. The number of hydrogen-bond donors (Lipinski definition) is 2. The standard InChI is InChI=1S/C23H23N5O5/c1-14-12-16(13-19(21(14)24)28(32)33)15-6-9-26(10-7-15)20(29)8-11-27-18-5-3-2-4-17(18)22(30)25-23(27)31/h2-6,12-13H,7-11,24H2,1H3,(H,25,30,31). The van der Waals surface area contributed by atoms with Crippen molar-refractivity contribution < 1.29 is 9.72 Å². The number of para-hydroxylation sites is 1. The zero-order valence-electron chi connectivity index (χ0n) is 18.0. The smallest absolute Gasteiger partial charge is 0.328 e. The maximum absolute atomic E-state index is 12.8. The highest BCUT2D eigenvalue weighted by molar-refractivity contribution is 5.80. The molecule has 0 spiro atoms. The molecule has 1 aromatic heterocycles. The number of H-pyrrole nitrogens is 1. The molecule has 2 heterocycles. The van der Waals surface area contributed by atoms with Crippen molar-refractivity contribution >= 4 is 33.8 Å². The number of nitrogens with zero attached hydrogens (tertiary/aromatic N) is 3. The number of fused-ring (bicyclic) bond motifs is 1. The van der Waals surface area contributed by atoms with Gasteiger partial charge in [0.05, 0.1) is 15.8 Å². The van der Waals surface area contributed by atoms with E-state index in [9.17, 15) is 24.5 Å². The minimum Gasteiger partial charge on any atom is -0.393 e. The summed E-state index contributed by atoms with van der Waals surface area (Å²) in [5.41, 5.74) is 7.63. The average Bonchev–Trinajstić information content (AvgIpc) is 2.80. The molecular weight excluding hydrogens is 426 g/mol. The number of aromatic amines is 1. The normalized spacial score (nSPS) is 13.7. The van der Waals surface area contributed by atoms with E-state index in [4.69, 9.17) is 5.73 Å². The maximum Gasteiger partial charge on any atom is 0.328 e. The number of nitro benzene ring substituents is 1. The minimum atomic E-state index is -0.548. The highest BCUT2D eigenvalue weighted by Crippen LogP contribution is 2.32. The minimum absolute atomic E-state index is 0.103. The van der Waals surface area contributed by atoms with Crippen molar-refractivity contribution in [3.63, 3.8) is 0 Å². The largest absolute Gasteiger partial charge is 0.393 e. The number of nitro groups is 1. The van der Waals surface area contributed by atoms with Gasteiger partial charge in [-0.05, 0) is 48.2 Å². The Labute approximate surface area is 188 Å². The van der Waals surface area contributed by atoms with Crippen LogP contribution in [0.15, 0.2) is 52.1 Å². The van der Waals surface area contributed by atoms with Crippen LogP contribution in [0.4, 0.5) is 11.4 Å². The fourth-order valence-electron chi connectivity index (χ4n) is 4.10. The molecule has 0 fully saturated rings. The highest BCUT2D eigenvalue weighted by Gasteiger charge is 2.21. The lowest BCUT2D eigenvalue weighted by molar-refractivity contribution is -0.383. The molecule has 0 bridgehead atoms. The third kappa shape index (κ3) is 4.27. The number of amides is 1. The molecule has 1 aliphatic heterocycles. The fraction of sp³-hybridized carbons (Fsp3) is 0.261. The molecule has 170 valence electrons. The van der Waals surface area contributed by atoms with E-state index in [-0.39, 0.29) is 30.2 Å². The Bertz CT molecular complexity index is 1420. The van der Waals surface area contributed by atoms with Crippen LogP contribution in [0.3, 0.4) is 0 Å². The number of carbonyl (C=O) groups is 1. The van der Waals surface area contributed by atoms with Gasteiger partial charge in [0, 0.05) is 32.1 Å². The van der Waals surface area contributed by atoms with Gasteiger partial charge in [-0.1, -0.05) is 18.2 Å². The number of nitrogen functional groups attached to an aromatic ring is 1. The molecule has 0 unspecified atom stereocenters. The second-order valence-electron chi connectivity index (χ2n) is 7.98. The summed E-state index contributed by atoms with van der Waals surface area (Å²) >= 11 is 0. The predicted molar refractivity (Wildman–Crippen MR) is 125 cm³/mol. The van der Waals surface area contributed by atoms with Gasteiger partial charge in [-0.15, -0.1) is 0 Å². The molecule has 0 aliphatic carbocycles. The van der Waals surface area contributed by atoms with Crippen LogP contribution in [-0.4, -0.2) is 38.4 Å². The lowest BCUT2D eigenvalue weighted by atomic mass is 9.96. The fourth-order valence-corrected chi connectivity index (χ4v) is 4.10. The predicted octanol–water partition coefficient (Wildman–Crippen LogP) is 2.19. The van der Waals surface area contributed by atoms with Crippen molar-refractivity contribution in [2.24, 2.45) is 0 Å². The van der Waals surface area contributed by atoms with Gasteiger partial charge < -0.3 is 10.6 Å². The van der Waals surface area contributed by atoms with Crippen LogP contribution >= 0.6 is 0 Å². The number of nitrogens with two attached hydrogens (primary N) is 1. The Kier molecular flexibility index (Phi) is 5.82. The molecule has 3 aromatic rings.